The Morgan fingerprint density at radius 1 is 0.826 bits per heavy atom. The molecule has 0 aliphatic carbocycles. The molecule has 1 N–H and O–H groups in total. The molecule has 0 radical (unpaired) electrons. The fourth-order valence-corrected chi connectivity index (χ4v) is 5.53. The van der Waals surface area contributed by atoms with Crippen LogP contribution in [0.3, 0.4) is 0 Å². The molecule has 0 fully saturated rings. The molecule has 2 atom stereocenters. The molecule has 1 aromatic heterocycles. The van der Waals surface area contributed by atoms with Gasteiger partial charge in [0, 0.05) is 23.4 Å². The van der Waals surface area contributed by atoms with Crippen molar-refractivity contribution in [3.05, 3.63) is 95.6 Å². The van der Waals surface area contributed by atoms with Gasteiger partial charge in [-0.05, 0) is 66.3 Å². The molecular weight excluding hydrogens is 562 g/mol. The standard InChI is InChI=1S/C34H37N3O.C6H14.C2H6/c1-4-6-10-25(5-2)20-33(38)31-22-34(36-24(3)19-26-11-8-7-9-12-26)37-32-18-17-29(21-30(31)32)28-15-13-27(23-35)14-16-28;1-3-5-6-4-2;1-2/h7-9,11-18,21-22,24-25H,4-6,10,19-20H2,1-3H3,(H,36,37);3-6H2,1-2H3;1-2H3. The molecular formula is C42H57N3O. The Kier molecular flexibility index (Phi) is 18.0. The molecule has 4 rings (SSSR count). The summed E-state index contributed by atoms with van der Waals surface area (Å²) in [4.78, 5) is 18.7. The molecule has 246 valence electrons. The summed E-state index contributed by atoms with van der Waals surface area (Å²) in [5.74, 6) is 1.30. The van der Waals surface area contributed by atoms with E-state index in [1.165, 1.54) is 31.2 Å². The highest BCUT2D eigenvalue weighted by atomic mass is 16.1. The van der Waals surface area contributed by atoms with E-state index in [1.54, 1.807) is 0 Å². The van der Waals surface area contributed by atoms with E-state index in [0.717, 1.165) is 65.5 Å². The molecule has 2 unspecified atom stereocenters. The van der Waals surface area contributed by atoms with Gasteiger partial charge in [-0.1, -0.05) is 141 Å². The summed E-state index contributed by atoms with van der Waals surface area (Å²) in [5.41, 5.74) is 5.45. The van der Waals surface area contributed by atoms with Gasteiger partial charge >= 0.3 is 0 Å². The van der Waals surface area contributed by atoms with Crippen LogP contribution in [0.2, 0.25) is 0 Å². The Morgan fingerprint density at radius 2 is 1.46 bits per heavy atom. The zero-order valence-electron chi connectivity index (χ0n) is 29.5. The highest BCUT2D eigenvalue weighted by molar-refractivity contribution is 6.09. The van der Waals surface area contributed by atoms with Crippen molar-refractivity contribution in [3.63, 3.8) is 0 Å². The molecule has 3 aromatic carbocycles. The number of unbranched alkanes of at least 4 members (excludes halogenated alkanes) is 4. The van der Waals surface area contributed by atoms with E-state index in [2.05, 4.69) is 76.3 Å². The van der Waals surface area contributed by atoms with Gasteiger partial charge in [0.2, 0.25) is 0 Å². The first-order chi connectivity index (χ1) is 22.4. The second kappa shape index (κ2) is 21.7. The molecule has 0 saturated carbocycles. The first kappa shape index (κ1) is 38.2. The van der Waals surface area contributed by atoms with E-state index in [-0.39, 0.29) is 11.8 Å². The van der Waals surface area contributed by atoms with Crippen LogP contribution in [0, 0.1) is 17.2 Å². The molecule has 1 heterocycles. The number of carbonyl (C=O) groups is 1. The molecule has 4 nitrogen and oxygen atoms in total. The minimum absolute atomic E-state index is 0.163. The predicted molar refractivity (Wildman–Crippen MR) is 199 cm³/mol. The number of pyridine rings is 1. The maximum absolute atomic E-state index is 13.8. The van der Waals surface area contributed by atoms with Crippen LogP contribution in [0.15, 0.2) is 78.9 Å². The third-order valence-corrected chi connectivity index (χ3v) is 8.21. The lowest BCUT2D eigenvalue weighted by Gasteiger charge is -2.18. The Morgan fingerprint density at radius 3 is 2.04 bits per heavy atom. The van der Waals surface area contributed by atoms with Crippen LogP contribution in [-0.2, 0) is 6.42 Å². The summed E-state index contributed by atoms with van der Waals surface area (Å²) in [6.45, 7) is 15.0. The first-order valence-electron chi connectivity index (χ1n) is 17.7. The summed E-state index contributed by atoms with van der Waals surface area (Å²) in [6.07, 6.45) is 11.3. The molecule has 0 bridgehead atoms. The second-order valence-electron chi connectivity index (χ2n) is 12.0. The number of hydrogen-bond donors (Lipinski definition) is 1. The Hall–Kier alpha value is -3.97. The Labute approximate surface area is 279 Å². The van der Waals surface area contributed by atoms with E-state index in [0.29, 0.717) is 17.9 Å². The van der Waals surface area contributed by atoms with Crippen LogP contribution in [0.25, 0.3) is 22.0 Å². The molecule has 0 aliphatic heterocycles. The van der Waals surface area contributed by atoms with Crippen molar-refractivity contribution in [3.8, 4) is 17.2 Å². The lowest BCUT2D eigenvalue weighted by Crippen LogP contribution is -2.19. The van der Waals surface area contributed by atoms with Gasteiger partial charge in [0.15, 0.2) is 5.78 Å². The van der Waals surface area contributed by atoms with Crippen molar-refractivity contribution in [2.24, 2.45) is 5.92 Å². The summed E-state index contributed by atoms with van der Waals surface area (Å²) in [5, 5.41) is 13.6. The van der Waals surface area contributed by atoms with Crippen LogP contribution < -0.4 is 5.32 Å². The smallest absolute Gasteiger partial charge is 0.163 e. The summed E-state index contributed by atoms with van der Waals surface area (Å²) < 4.78 is 0. The van der Waals surface area contributed by atoms with Gasteiger partial charge in [-0.2, -0.15) is 5.26 Å². The zero-order chi connectivity index (χ0) is 33.7. The molecule has 0 saturated heterocycles. The van der Waals surface area contributed by atoms with Gasteiger partial charge in [-0.25, -0.2) is 4.98 Å². The number of nitriles is 1. The van der Waals surface area contributed by atoms with Crippen LogP contribution in [0.5, 0.6) is 0 Å². The van der Waals surface area contributed by atoms with Gasteiger partial charge in [0.05, 0.1) is 17.1 Å². The van der Waals surface area contributed by atoms with Crippen molar-refractivity contribution < 1.29 is 4.79 Å². The van der Waals surface area contributed by atoms with Gasteiger partial charge in [-0.15, -0.1) is 0 Å². The average Bonchev–Trinajstić information content (AvgIpc) is 3.10. The van der Waals surface area contributed by atoms with E-state index in [4.69, 9.17) is 10.2 Å². The van der Waals surface area contributed by atoms with E-state index in [1.807, 2.05) is 62.4 Å². The average molecular weight is 620 g/mol. The van der Waals surface area contributed by atoms with Crippen LogP contribution in [-0.4, -0.2) is 16.8 Å². The van der Waals surface area contributed by atoms with Crippen molar-refractivity contribution in [1.29, 1.82) is 5.26 Å². The monoisotopic (exact) mass is 619 g/mol. The van der Waals surface area contributed by atoms with Crippen molar-refractivity contribution in [2.75, 3.05) is 5.32 Å². The number of Topliss-reactive ketones (excluding diaryl/α,β-unsaturated/α-hetero) is 1. The largest absolute Gasteiger partial charge is 0.367 e. The number of nitrogens with one attached hydrogen (secondary N) is 1. The Bertz CT molecular complexity index is 1470. The fraction of sp³-hybridized carbons (Fsp3) is 0.452. The lowest BCUT2D eigenvalue weighted by molar-refractivity contribution is 0.0958. The minimum atomic E-state index is 0.163. The topological polar surface area (TPSA) is 65.8 Å². The van der Waals surface area contributed by atoms with Crippen LogP contribution in [0.1, 0.15) is 128 Å². The lowest BCUT2D eigenvalue weighted by atomic mass is 9.90. The highest BCUT2D eigenvalue weighted by Gasteiger charge is 2.19. The predicted octanol–water partition coefficient (Wildman–Crippen LogP) is 12.2. The number of fused-ring (bicyclic) bond motifs is 1. The van der Waals surface area contributed by atoms with Crippen LogP contribution in [0.4, 0.5) is 5.82 Å². The normalized spacial score (nSPS) is 11.7. The quantitative estimate of drug-likeness (QED) is 0.106. The first-order valence-corrected chi connectivity index (χ1v) is 17.7. The van der Waals surface area contributed by atoms with Crippen molar-refractivity contribution in [1.82, 2.24) is 4.98 Å². The van der Waals surface area contributed by atoms with Crippen molar-refractivity contribution >= 4 is 22.5 Å². The molecule has 4 heteroatoms. The summed E-state index contributed by atoms with van der Waals surface area (Å²) in [7, 11) is 0. The molecule has 0 amide bonds. The third-order valence-electron chi connectivity index (χ3n) is 8.21. The fourth-order valence-electron chi connectivity index (χ4n) is 5.53. The van der Waals surface area contributed by atoms with E-state index in [9.17, 15) is 4.79 Å². The maximum atomic E-state index is 13.8. The Balaban J connectivity index is 0.000000826. The van der Waals surface area contributed by atoms with Gasteiger partial charge in [-0.3, -0.25) is 4.79 Å². The number of rotatable bonds is 15. The number of nitrogens with zero attached hydrogens (tertiary/aromatic N) is 2. The molecule has 0 aliphatic rings. The summed E-state index contributed by atoms with van der Waals surface area (Å²) in [6, 6.07) is 28.4. The van der Waals surface area contributed by atoms with E-state index >= 15 is 0 Å². The van der Waals surface area contributed by atoms with Gasteiger partial charge in [0.25, 0.3) is 0 Å². The molecule has 4 aromatic rings. The van der Waals surface area contributed by atoms with E-state index < -0.39 is 0 Å². The molecule has 46 heavy (non-hydrogen) atoms. The second-order valence-corrected chi connectivity index (χ2v) is 12.0. The number of anilines is 1. The number of ketones is 1. The number of carbonyl (C=O) groups excluding carboxylic acids is 1. The molecule has 0 spiro atoms. The highest BCUT2D eigenvalue weighted by Crippen LogP contribution is 2.30. The minimum Gasteiger partial charge on any atom is -0.367 e. The van der Waals surface area contributed by atoms with Gasteiger partial charge in [0.1, 0.15) is 5.82 Å². The van der Waals surface area contributed by atoms with Gasteiger partial charge < -0.3 is 5.32 Å². The third kappa shape index (κ3) is 12.4. The number of hydrogen-bond acceptors (Lipinski definition) is 4. The van der Waals surface area contributed by atoms with Crippen molar-refractivity contribution in [2.45, 2.75) is 119 Å². The zero-order valence-corrected chi connectivity index (χ0v) is 29.5. The summed E-state index contributed by atoms with van der Waals surface area (Å²) >= 11 is 0. The SMILES string of the molecule is CC.CCCCC(CC)CC(=O)c1cc(NC(C)Cc2ccccc2)nc2ccc(-c3ccc(C#N)cc3)cc12.CCCCCC. The maximum Gasteiger partial charge on any atom is 0.163 e. The number of aromatic nitrogens is 1. The van der Waals surface area contributed by atoms with Crippen LogP contribution >= 0.6 is 0 Å². The number of benzene rings is 3.